The summed E-state index contributed by atoms with van der Waals surface area (Å²) in [5.41, 5.74) is 1.30. The van der Waals surface area contributed by atoms with Gasteiger partial charge in [0.2, 0.25) is 0 Å². The van der Waals surface area contributed by atoms with E-state index in [0.717, 1.165) is 31.2 Å². The fourth-order valence-corrected chi connectivity index (χ4v) is 2.80. The van der Waals surface area contributed by atoms with Gasteiger partial charge >= 0.3 is 0 Å². The zero-order chi connectivity index (χ0) is 14.8. The molecule has 0 spiro atoms. The van der Waals surface area contributed by atoms with Crippen LogP contribution in [0.25, 0.3) is 0 Å². The van der Waals surface area contributed by atoms with E-state index in [9.17, 15) is 4.39 Å². The third kappa shape index (κ3) is 3.51. The summed E-state index contributed by atoms with van der Waals surface area (Å²) in [5, 5.41) is 3.15. The fraction of sp³-hybridized carbons (Fsp3) is 0.647. The number of benzene rings is 1. The van der Waals surface area contributed by atoms with Crippen LogP contribution in [-0.4, -0.2) is 13.2 Å². The van der Waals surface area contributed by atoms with Gasteiger partial charge in [0.1, 0.15) is 0 Å². The van der Waals surface area contributed by atoms with Crippen LogP contribution in [0.5, 0.6) is 5.75 Å². The topological polar surface area (TPSA) is 21.3 Å². The maximum absolute atomic E-state index is 14.1. The van der Waals surface area contributed by atoms with Crippen LogP contribution in [0.1, 0.15) is 58.1 Å². The summed E-state index contributed by atoms with van der Waals surface area (Å²) < 4.78 is 20.1. The van der Waals surface area contributed by atoms with Crippen molar-refractivity contribution in [3.63, 3.8) is 0 Å². The number of halogens is 1. The van der Waals surface area contributed by atoms with Gasteiger partial charge in [-0.2, -0.15) is 0 Å². The summed E-state index contributed by atoms with van der Waals surface area (Å²) in [5.74, 6) is 0.175. The van der Waals surface area contributed by atoms with Crippen LogP contribution >= 0.6 is 0 Å². The predicted molar refractivity (Wildman–Crippen MR) is 80.5 cm³/mol. The number of nitrogens with one attached hydrogen (secondary N) is 1. The van der Waals surface area contributed by atoms with Crippen molar-refractivity contribution in [3.05, 3.63) is 29.6 Å². The second-order valence-electron chi connectivity index (χ2n) is 6.65. The first-order valence-corrected chi connectivity index (χ1v) is 7.55. The van der Waals surface area contributed by atoms with Gasteiger partial charge in [0.05, 0.1) is 6.10 Å². The quantitative estimate of drug-likeness (QED) is 0.879. The average Bonchev–Trinajstić information content (AvgIpc) is 2.42. The fourth-order valence-electron chi connectivity index (χ4n) is 2.80. The van der Waals surface area contributed by atoms with Gasteiger partial charge in [-0.25, -0.2) is 4.39 Å². The number of hydrogen-bond donors (Lipinski definition) is 1. The molecule has 1 unspecified atom stereocenters. The van der Waals surface area contributed by atoms with Crippen LogP contribution in [0, 0.1) is 11.2 Å². The maximum atomic E-state index is 14.1. The zero-order valence-electron chi connectivity index (χ0n) is 13.0. The van der Waals surface area contributed by atoms with Crippen LogP contribution in [0.4, 0.5) is 4.39 Å². The zero-order valence-corrected chi connectivity index (χ0v) is 13.0. The second-order valence-corrected chi connectivity index (χ2v) is 6.65. The number of ether oxygens (including phenoxy) is 1. The molecule has 1 aliphatic carbocycles. The third-order valence-electron chi connectivity index (χ3n) is 4.47. The predicted octanol–water partition coefficient (Wildman–Crippen LogP) is 4.45. The van der Waals surface area contributed by atoms with Crippen LogP contribution in [0.15, 0.2) is 18.2 Å². The first-order valence-electron chi connectivity index (χ1n) is 7.55. The normalized spacial score (nSPS) is 20.6. The summed E-state index contributed by atoms with van der Waals surface area (Å²) in [6.07, 6.45) is 4.44. The Labute approximate surface area is 121 Å². The molecule has 1 aromatic carbocycles. The van der Waals surface area contributed by atoms with Crippen molar-refractivity contribution in [2.75, 3.05) is 7.05 Å². The molecule has 2 rings (SSSR count). The van der Waals surface area contributed by atoms with E-state index in [1.54, 1.807) is 6.07 Å². The highest BCUT2D eigenvalue weighted by Gasteiger charge is 2.29. The lowest BCUT2D eigenvalue weighted by atomic mass is 9.76. The highest BCUT2D eigenvalue weighted by atomic mass is 19.1. The lowest BCUT2D eigenvalue weighted by molar-refractivity contribution is 0.0939. The Morgan fingerprint density at radius 1 is 1.30 bits per heavy atom. The molecule has 0 saturated heterocycles. The molecule has 0 amide bonds. The molecule has 0 radical (unpaired) electrons. The van der Waals surface area contributed by atoms with E-state index in [2.05, 4.69) is 19.2 Å². The van der Waals surface area contributed by atoms with Gasteiger partial charge in [-0.1, -0.05) is 26.0 Å². The molecule has 1 atom stereocenters. The Morgan fingerprint density at radius 3 is 2.55 bits per heavy atom. The molecule has 112 valence electrons. The van der Waals surface area contributed by atoms with Crippen molar-refractivity contribution < 1.29 is 9.13 Å². The van der Waals surface area contributed by atoms with Gasteiger partial charge in [-0.15, -0.1) is 0 Å². The number of para-hydroxylation sites is 1. The smallest absolute Gasteiger partial charge is 0.165 e. The minimum atomic E-state index is -0.255. The van der Waals surface area contributed by atoms with Gasteiger partial charge in [-0.3, -0.25) is 0 Å². The monoisotopic (exact) mass is 279 g/mol. The van der Waals surface area contributed by atoms with E-state index in [0.29, 0.717) is 11.2 Å². The van der Waals surface area contributed by atoms with E-state index >= 15 is 0 Å². The molecule has 1 fully saturated rings. The summed E-state index contributed by atoms with van der Waals surface area (Å²) in [6, 6.07) is 5.25. The second kappa shape index (κ2) is 6.13. The van der Waals surface area contributed by atoms with Gasteiger partial charge in [0.25, 0.3) is 0 Å². The molecular formula is C17H26FNO. The molecule has 1 aromatic rings. The molecular weight excluding hydrogens is 253 g/mol. The van der Waals surface area contributed by atoms with E-state index in [4.69, 9.17) is 4.74 Å². The number of rotatable bonds is 4. The molecule has 1 aliphatic rings. The van der Waals surface area contributed by atoms with Crippen molar-refractivity contribution in [2.24, 2.45) is 5.41 Å². The van der Waals surface area contributed by atoms with Crippen molar-refractivity contribution in [3.8, 4) is 5.75 Å². The molecule has 0 bridgehead atoms. The Morgan fingerprint density at radius 2 is 1.95 bits per heavy atom. The van der Waals surface area contributed by atoms with E-state index in [1.165, 1.54) is 6.07 Å². The molecule has 1 N–H and O–H groups in total. The first-order chi connectivity index (χ1) is 9.43. The summed E-state index contributed by atoms with van der Waals surface area (Å²) >= 11 is 0. The highest BCUT2D eigenvalue weighted by Crippen LogP contribution is 2.38. The van der Waals surface area contributed by atoms with E-state index < -0.39 is 0 Å². The lowest BCUT2D eigenvalue weighted by Crippen LogP contribution is -2.29. The molecule has 2 nitrogen and oxygen atoms in total. The van der Waals surface area contributed by atoms with Gasteiger partial charge in [0, 0.05) is 11.6 Å². The van der Waals surface area contributed by atoms with Gasteiger partial charge in [-0.05, 0) is 51.1 Å². The maximum Gasteiger partial charge on any atom is 0.165 e. The summed E-state index contributed by atoms with van der Waals surface area (Å²) in [4.78, 5) is 0. The Balaban J connectivity index is 2.13. The van der Waals surface area contributed by atoms with Crippen molar-refractivity contribution in [1.82, 2.24) is 5.32 Å². The van der Waals surface area contributed by atoms with Gasteiger partial charge < -0.3 is 10.1 Å². The minimum Gasteiger partial charge on any atom is -0.487 e. The van der Waals surface area contributed by atoms with Crippen LogP contribution in [-0.2, 0) is 0 Å². The van der Waals surface area contributed by atoms with E-state index in [1.807, 2.05) is 20.0 Å². The lowest BCUT2D eigenvalue weighted by Gasteiger charge is -2.35. The van der Waals surface area contributed by atoms with Crippen molar-refractivity contribution >= 4 is 0 Å². The third-order valence-corrected chi connectivity index (χ3v) is 4.47. The number of hydrogen-bond acceptors (Lipinski definition) is 2. The van der Waals surface area contributed by atoms with Crippen molar-refractivity contribution in [2.45, 2.75) is 58.6 Å². The largest absolute Gasteiger partial charge is 0.487 e. The van der Waals surface area contributed by atoms with Crippen LogP contribution in [0.2, 0.25) is 0 Å². The molecule has 1 saturated carbocycles. The van der Waals surface area contributed by atoms with Gasteiger partial charge in [0.15, 0.2) is 11.6 Å². The average molecular weight is 279 g/mol. The van der Waals surface area contributed by atoms with Crippen LogP contribution in [0.3, 0.4) is 0 Å². The van der Waals surface area contributed by atoms with E-state index in [-0.39, 0.29) is 18.0 Å². The first kappa shape index (κ1) is 15.3. The minimum absolute atomic E-state index is 0.0840. The molecule has 0 heterocycles. The Hall–Kier alpha value is -1.09. The Bertz CT molecular complexity index is 448. The standard InChI is InChI=1S/C17H26FNO/c1-12(19-4)14-6-5-7-15(18)16(14)20-13-8-10-17(2,3)11-9-13/h5-7,12-13,19H,8-11H2,1-4H3. The Kier molecular flexibility index (Phi) is 4.69. The molecule has 0 aliphatic heterocycles. The molecule has 20 heavy (non-hydrogen) atoms. The van der Waals surface area contributed by atoms with Crippen LogP contribution < -0.4 is 10.1 Å². The van der Waals surface area contributed by atoms with Crippen molar-refractivity contribution in [1.29, 1.82) is 0 Å². The summed E-state index contributed by atoms with van der Waals surface area (Å²) in [7, 11) is 1.88. The highest BCUT2D eigenvalue weighted by molar-refractivity contribution is 5.37. The summed E-state index contributed by atoms with van der Waals surface area (Å²) in [6.45, 7) is 6.60. The molecule has 0 aromatic heterocycles. The molecule has 3 heteroatoms. The SMILES string of the molecule is CNC(C)c1cccc(F)c1OC1CCC(C)(C)CC1.